The minimum Gasteiger partial charge on any atom is -0.309 e. The van der Waals surface area contributed by atoms with Crippen molar-refractivity contribution in [2.75, 3.05) is 0 Å². The van der Waals surface area contributed by atoms with Gasteiger partial charge in [0, 0.05) is 58.1 Å². The normalized spacial score (nSPS) is 15.6. The lowest BCUT2D eigenvalue weighted by atomic mass is 9.92. The quantitative estimate of drug-likeness (QED) is 0.170. The van der Waals surface area contributed by atoms with Crippen LogP contribution in [0.15, 0.2) is 218 Å². The summed E-state index contributed by atoms with van der Waals surface area (Å²) in [7, 11) is 0. The first-order chi connectivity index (χ1) is 38.4. The molecule has 0 amide bonds. The SMILES string of the molecule is [2H]c1c([2H])c([2H])c2c(c1[2H])c1c([2H])c([2H])c([2H])c([2H])c1n2-c1cc(-c2c(-c3ccc4sc5ccccc5c4c3)cccc2-n2c3ccccc3c3ccccc32)cc(-n2c3c([2H])c([2H])c([2H])c([2H])c3c3c([2H])c([2H])c([2H])c([2H])c32)n1. The van der Waals surface area contributed by atoms with Crippen LogP contribution < -0.4 is 0 Å². The van der Waals surface area contributed by atoms with E-state index in [4.69, 9.17) is 16.0 Å². The summed E-state index contributed by atoms with van der Waals surface area (Å²) in [4.78, 5) is 5.21. The second-order valence-corrected chi connectivity index (χ2v) is 16.6. The molecule has 0 aliphatic heterocycles. The number of aromatic nitrogens is 4. The third kappa shape index (κ3) is 5.07. The molecule has 0 aliphatic rings. The molecule has 9 aromatic carbocycles. The lowest BCUT2D eigenvalue weighted by Crippen LogP contribution is -2.06. The Bertz CT molecular complexity index is 4780. The van der Waals surface area contributed by atoms with Crippen LogP contribution in [0.3, 0.4) is 0 Å². The Labute approximate surface area is 394 Å². The molecule has 5 aromatic heterocycles. The summed E-state index contributed by atoms with van der Waals surface area (Å²) in [6, 6.07) is 29.4. The standard InChI is InChI=1S/C59H36N4S/c1-8-24-48-40(16-1)41-17-2-9-25-49(41)61(48)54-30-15-23-39(37-32-33-56-47(34-37)46-22-7-14-31-55(46)64-56)59(54)38-35-57(62-50-26-10-3-18-42(50)43-19-4-11-27-51(43)62)60-58(36-38)63-52-28-12-5-20-44(52)45-21-6-13-29-53(45)63/h1-36H/i3D,4D,5D,6D,10D,11D,12D,13D,18D,19D,20D,21D,26D,27D,28D,29D. The third-order valence-electron chi connectivity index (χ3n) is 12.2. The van der Waals surface area contributed by atoms with Crippen LogP contribution in [0, 0.1) is 0 Å². The van der Waals surface area contributed by atoms with Crippen LogP contribution in [0.4, 0.5) is 0 Å². The summed E-state index contributed by atoms with van der Waals surface area (Å²) < 4.78 is 153. The van der Waals surface area contributed by atoms with Crippen LogP contribution in [-0.2, 0) is 0 Å². The first-order valence-corrected chi connectivity index (χ1v) is 21.3. The summed E-state index contributed by atoms with van der Waals surface area (Å²) in [5, 5.41) is 3.08. The maximum absolute atomic E-state index is 9.52. The summed E-state index contributed by atoms with van der Waals surface area (Å²) in [5.41, 5.74) is 3.68. The molecule has 0 aliphatic carbocycles. The van der Waals surface area contributed by atoms with Gasteiger partial charge in [0.05, 0.1) is 60.7 Å². The Balaban J connectivity index is 1.24. The zero-order chi connectivity index (χ0) is 55.8. The van der Waals surface area contributed by atoms with Crippen LogP contribution in [0.25, 0.3) is 125 Å². The van der Waals surface area contributed by atoms with E-state index < -0.39 is 96.7 Å². The van der Waals surface area contributed by atoms with Gasteiger partial charge in [-0.25, -0.2) is 4.98 Å². The number of para-hydroxylation sites is 6. The monoisotopic (exact) mass is 848 g/mol. The van der Waals surface area contributed by atoms with Crippen molar-refractivity contribution in [1.82, 2.24) is 18.7 Å². The Morgan fingerprint density at radius 3 is 1.41 bits per heavy atom. The Morgan fingerprint density at radius 1 is 0.359 bits per heavy atom. The lowest BCUT2D eigenvalue weighted by molar-refractivity contribution is 1.01. The smallest absolute Gasteiger partial charge is 0.140 e. The maximum Gasteiger partial charge on any atom is 0.140 e. The van der Waals surface area contributed by atoms with Crippen LogP contribution in [0.5, 0.6) is 0 Å². The molecule has 5 heterocycles. The number of nitrogens with zero attached hydrogens (tertiary/aromatic N) is 4. The maximum atomic E-state index is 9.52. The average molecular weight is 849 g/mol. The molecule has 0 radical (unpaired) electrons. The molecule has 0 fully saturated rings. The molecule has 5 heteroatoms. The van der Waals surface area contributed by atoms with Crippen LogP contribution in [0.1, 0.15) is 21.9 Å². The minimum atomic E-state index is -0.664. The molecule has 14 aromatic rings. The van der Waals surface area contributed by atoms with Crippen molar-refractivity contribution in [3.8, 4) is 39.6 Å². The second-order valence-electron chi connectivity index (χ2n) is 15.5. The van der Waals surface area contributed by atoms with Gasteiger partial charge in [-0.15, -0.1) is 11.3 Å². The number of benzene rings is 9. The molecule has 4 nitrogen and oxygen atoms in total. The number of hydrogen-bond donors (Lipinski definition) is 0. The molecule has 14 rings (SSSR count). The van der Waals surface area contributed by atoms with Crippen molar-refractivity contribution >= 4 is 96.9 Å². The molecule has 0 saturated carbocycles. The second kappa shape index (κ2) is 13.6. The van der Waals surface area contributed by atoms with Crippen molar-refractivity contribution in [2.24, 2.45) is 0 Å². The van der Waals surface area contributed by atoms with E-state index in [0.717, 1.165) is 47.5 Å². The first-order valence-electron chi connectivity index (χ1n) is 28.5. The van der Waals surface area contributed by atoms with Crippen LogP contribution in [0.2, 0.25) is 0 Å². The molecule has 0 unspecified atom stereocenters. The van der Waals surface area contributed by atoms with E-state index in [1.807, 2.05) is 84.9 Å². The minimum absolute atomic E-state index is 0.175. The van der Waals surface area contributed by atoms with Gasteiger partial charge in [-0.05, 0) is 89.4 Å². The summed E-state index contributed by atoms with van der Waals surface area (Å²) in [6.45, 7) is 0. The number of pyridine rings is 1. The molecule has 298 valence electrons. The summed E-state index contributed by atoms with van der Waals surface area (Å²) in [6.07, 6.45) is 0. The lowest BCUT2D eigenvalue weighted by Gasteiger charge is -2.21. The van der Waals surface area contributed by atoms with E-state index in [9.17, 15) is 11.0 Å². The fourth-order valence-electron chi connectivity index (χ4n) is 9.52. The van der Waals surface area contributed by atoms with Crippen molar-refractivity contribution in [3.05, 3.63) is 218 Å². The molecule has 0 atom stereocenters. The molecule has 64 heavy (non-hydrogen) atoms. The van der Waals surface area contributed by atoms with Gasteiger partial charge in [0.2, 0.25) is 0 Å². The predicted octanol–water partition coefficient (Wildman–Crippen LogP) is 16.1. The van der Waals surface area contributed by atoms with Gasteiger partial charge in [0.15, 0.2) is 0 Å². The van der Waals surface area contributed by atoms with Crippen molar-refractivity contribution in [1.29, 1.82) is 0 Å². The van der Waals surface area contributed by atoms with E-state index >= 15 is 0 Å². The van der Waals surface area contributed by atoms with E-state index in [1.54, 1.807) is 23.5 Å². The first kappa shape index (κ1) is 23.3. The average Bonchev–Trinajstić information content (AvgIpc) is 3.65. The van der Waals surface area contributed by atoms with Gasteiger partial charge in [-0.2, -0.15) is 0 Å². The Kier molecular flexibility index (Phi) is 4.95. The van der Waals surface area contributed by atoms with Gasteiger partial charge < -0.3 is 4.57 Å². The largest absolute Gasteiger partial charge is 0.309 e. The molecule has 0 N–H and O–H groups in total. The predicted molar refractivity (Wildman–Crippen MR) is 271 cm³/mol. The molecule has 0 bridgehead atoms. The zero-order valence-corrected chi connectivity index (χ0v) is 34.1. The van der Waals surface area contributed by atoms with E-state index in [2.05, 4.69) is 28.8 Å². The van der Waals surface area contributed by atoms with E-state index in [0.29, 0.717) is 22.4 Å². The molecular weight excluding hydrogens is 797 g/mol. The molecule has 0 spiro atoms. The summed E-state index contributed by atoms with van der Waals surface area (Å²) >= 11 is 1.66. The zero-order valence-electron chi connectivity index (χ0n) is 49.2. The van der Waals surface area contributed by atoms with Gasteiger partial charge in [-0.1, -0.05) is 145 Å². The number of fused-ring (bicyclic) bond motifs is 12. The topological polar surface area (TPSA) is 27.7 Å². The highest BCUT2D eigenvalue weighted by Crippen LogP contribution is 2.45. The highest BCUT2D eigenvalue weighted by Gasteiger charge is 2.23. The Hall–Kier alpha value is -8.25. The fraction of sp³-hybridized carbons (Fsp3) is 0. The van der Waals surface area contributed by atoms with Crippen molar-refractivity contribution < 1.29 is 21.9 Å². The summed E-state index contributed by atoms with van der Waals surface area (Å²) in [5.74, 6) is -0.349. The molecule has 0 saturated heterocycles. The highest BCUT2D eigenvalue weighted by molar-refractivity contribution is 7.25. The molecular formula is C59H36N4S. The van der Waals surface area contributed by atoms with Crippen molar-refractivity contribution in [3.63, 3.8) is 0 Å². The number of thiophene rings is 1. The third-order valence-corrected chi connectivity index (χ3v) is 13.3. The van der Waals surface area contributed by atoms with Gasteiger partial charge in [0.1, 0.15) is 11.6 Å². The van der Waals surface area contributed by atoms with Crippen molar-refractivity contribution in [2.45, 2.75) is 0 Å². The number of hydrogen-bond acceptors (Lipinski definition) is 2. The van der Waals surface area contributed by atoms with Gasteiger partial charge in [0.25, 0.3) is 0 Å². The van der Waals surface area contributed by atoms with E-state index in [1.165, 1.54) is 9.13 Å². The Morgan fingerprint density at radius 2 is 0.844 bits per heavy atom. The van der Waals surface area contributed by atoms with E-state index in [-0.39, 0.29) is 55.2 Å². The highest BCUT2D eigenvalue weighted by atomic mass is 32.1. The van der Waals surface area contributed by atoms with Crippen LogP contribution in [-0.4, -0.2) is 18.7 Å². The number of rotatable bonds is 5. The van der Waals surface area contributed by atoms with Crippen LogP contribution >= 0.6 is 11.3 Å². The van der Waals surface area contributed by atoms with Gasteiger partial charge >= 0.3 is 0 Å². The van der Waals surface area contributed by atoms with Gasteiger partial charge in [-0.3, -0.25) is 9.13 Å². The fourth-order valence-corrected chi connectivity index (χ4v) is 10.6.